The van der Waals surface area contributed by atoms with Crippen LogP contribution in [0.2, 0.25) is 0 Å². The Kier molecular flexibility index (Phi) is 9.90. The monoisotopic (exact) mass is 221 g/mol. The summed E-state index contributed by atoms with van der Waals surface area (Å²) in [6, 6.07) is 0.587. The Labute approximate surface area is 93.6 Å². The van der Waals surface area contributed by atoms with Crippen LogP contribution in [0.3, 0.4) is 0 Å². The molecule has 0 aliphatic rings. The first kappa shape index (κ1) is 14.2. The van der Waals surface area contributed by atoms with E-state index in [4.69, 9.17) is 16.3 Å². The van der Waals surface area contributed by atoms with Crippen molar-refractivity contribution in [2.75, 3.05) is 32.2 Å². The van der Waals surface area contributed by atoms with E-state index in [1.807, 2.05) is 0 Å². The lowest BCUT2D eigenvalue weighted by Gasteiger charge is -2.25. The summed E-state index contributed by atoms with van der Waals surface area (Å²) in [6.45, 7) is 10.4. The number of hydrogen-bond acceptors (Lipinski definition) is 2. The van der Waals surface area contributed by atoms with E-state index >= 15 is 0 Å². The molecule has 0 N–H and O–H groups in total. The fraction of sp³-hybridized carbons (Fsp3) is 1.00. The zero-order valence-corrected chi connectivity index (χ0v) is 10.5. The third-order valence-electron chi connectivity index (χ3n) is 2.18. The Morgan fingerprint density at radius 1 is 1.21 bits per heavy atom. The maximum Gasteiger partial charge on any atom is 0.0593 e. The van der Waals surface area contributed by atoms with Crippen LogP contribution in [0, 0.1) is 0 Å². The average molecular weight is 222 g/mol. The van der Waals surface area contributed by atoms with Crippen LogP contribution < -0.4 is 0 Å². The summed E-state index contributed by atoms with van der Waals surface area (Å²) < 4.78 is 5.47. The van der Waals surface area contributed by atoms with Gasteiger partial charge in [0.1, 0.15) is 0 Å². The third-order valence-corrected chi connectivity index (χ3v) is 2.45. The third kappa shape index (κ3) is 7.60. The van der Waals surface area contributed by atoms with Crippen molar-refractivity contribution < 1.29 is 4.74 Å². The van der Waals surface area contributed by atoms with Crippen LogP contribution in [0.4, 0.5) is 0 Å². The van der Waals surface area contributed by atoms with Crippen LogP contribution in [0.15, 0.2) is 0 Å². The number of nitrogens with zero attached hydrogens (tertiary/aromatic N) is 1. The van der Waals surface area contributed by atoms with Crippen LogP contribution in [-0.2, 0) is 4.74 Å². The predicted octanol–water partition coefficient (Wildman–Crippen LogP) is 2.75. The molecule has 3 heteroatoms. The molecule has 0 saturated heterocycles. The minimum Gasteiger partial charge on any atom is -0.380 e. The number of hydrogen-bond donors (Lipinski definition) is 0. The van der Waals surface area contributed by atoms with Gasteiger partial charge in [0, 0.05) is 25.1 Å². The summed E-state index contributed by atoms with van der Waals surface area (Å²) in [6.07, 6.45) is 2.16. The van der Waals surface area contributed by atoms with Crippen molar-refractivity contribution in [3.05, 3.63) is 0 Å². The molecule has 14 heavy (non-hydrogen) atoms. The van der Waals surface area contributed by atoms with E-state index in [1.54, 1.807) is 0 Å². The van der Waals surface area contributed by atoms with Gasteiger partial charge in [-0.1, -0.05) is 6.92 Å². The largest absolute Gasteiger partial charge is 0.380 e. The molecule has 0 aliphatic heterocycles. The van der Waals surface area contributed by atoms with Gasteiger partial charge in [0.05, 0.1) is 6.61 Å². The number of halogens is 1. The first-order chi connectivity index (χ1) is 6.72. The molecule has 0 bridgehead atoms. The van der Waals surface area contributed by atoms with Crippen LogP contribution in [-0.4, -0.2) is 43.1 Å². The summed E-state index contributed by atoms with van der Waals surface area (Å²) in [4.78, 5) is 2.41. The molecule has 0 aromatic rings. The molecule has 0 amide bonds. The highest BCUT2D eigenvalue weighted by Crippen LogP contribution is 2.00. The molecule has 0 spiro atoms. The first-order valence-electron chi connectivity index (χ1n) is 5.60. The Bertz CT molecular complexity index is 120. The normalized spacial score (nSPS) is 11.6. The quantitative estimate of drug-likeness (QED) is 0.439. The molecule has 0 aromatic carbocycles. The van der Waals surface area contributed by atoms with Crippen molar-refractivity contribution in [1.82, 2.24) is 4.90 Å². The average Bonchev–Trinajstić information content (AvgIpc) is 2.16. The second-order valence-corrected chi connectivity index (χ2v) is 4.16. The summed E-state index contributed by atoms with van der Waals surface area (Å²) in [5.41, 5.74) is 0. The predicted molar refractivity (Wildman–Crippen MR) is 63.2 cm³/mol. The molecule has 0 fully saturated rings. The van der Waals surface area contributed by atoms with Crippen molar-refractivity contribution in [2.45, 2.75) is 39.7 Å². The van der Waals surface area contributed by atoms with Crippen molar-refractivity contribution in [2.24, 2.45) is 0 Å². The number of rotatable bonds is 9. The fourth-order valence-corrected chi connectivity index (χ4v) is 1.44. The van der Waals surface area contributed by atoms with Gasteiger partial charge < -0.3 is 4.74 Å². The van der Waals surface area contributed by atoms with E-state index in [9.17, 15) is 0 Å². The van der Waals surface area contributed by atoms with Crippen LogP contribution in [0.1, 0.15) is 33.6 Å². The van der Waals surface area contributed by atoms with Crippen LogP contribution >= 0.6 is 11.6 Å². The lowest BCUT2D eigenvalue weighted by Crippen LogP contribution is -2.35. The van der Waals surface area contributed by atoms with E-state index in [0.29, 0.717) is 6.04 Å². The van der Waals surface area contributed by atoms with Gasteiger partial charge in [0.25, 0.3) is 0 Å². The topological polar surface area (TPSA) is 12.5 Å². The van der Waals surface area contributed by atoms with E-state index in [0.717, 1.165) is 45.0 Å². The van der Waals surface area contributed by atoms with Crippen molar-refractivity contribution >= 4 is 11.6 Å². The zero-order valence-electron chi connectivity index (χ0n) is 9.76. The Morgan fingerprint density at radius 3 is 2.43 bits per heavy atom. The molecule has 0 unspecified atom stereocenters. The van der Waals surface area contributed by atoms with Crippen molar-refractivity contribution in [3.63, 3.8) is 0 Å². The standard InChI is InChI=1S/C11H24ClNO/c1-4-9-14-10-8-13(11(2)3)7-5-6-12/h11H,4-10H2,1-3H3. The molecule has 0 aliphatic carbocycles. The molecule has 0 saturated carbocycles. The Balaban J connectivity index is 3.52. The number of alkyl halides is 1. The van der Waals surface area contributed by atoms with E-state index in [1.165, 1.54) is 0 Å². The summed E-state index contributed by atoms with van der Waals surface area (Å²) >= 11 is 5.68. The van der Waals surface area contributed by atoms with E-state index < -0.39 is 0 Å². The van der Waals surface area contributed by atoms with Gasteiger partial charge in [0.15, 0.2) is 0 Å². The molecule has 86 valence electrons. The lowest BCUT2D eigenvalue weighted by atomic mass is 10.3. The van der Waals surface area contributed by atoms with Gasteiger partial charge in [-0.2, -0.15) is 0 Å². The van der Waals surface area contributed by atoms with Crippen molar-refractivity contribution in [3.8, 4) is 0 Å². The van der Waals surface area contributed by atoms with Crippen molar-refractivity contribution in [1.29, 1.82) is 0 Å². The Hall–Kier alpha value is 0.210. The second kappa shape index (κ2) is 9.75. The second-order valence-electron chi connectivity index (χ2n) is 3.78. The van der Waals surface area contributed by atoms with Gasteiger partial charge in [-0.05, 0) is 33.2 Å². The molecule has 0 radical (unpaired) electrons. The van der Waals surface area contributed by atoms with Gasteiger partial charge in [-0.3, -0.25) is 4.90 Å². The minimum absolute atomic E-state index is 0.587. The maximum atomic E-state index is 5.68. The zero-order chi connectivity index (χ0) is 10.8. The van der Waals surface area contributed by atoms with Crippen LogP contribution in [0.5, 0.6) is 0 Å². The summed E-state index contributed by atoms with van der Waals surface area (Å²) in [5.74, 6) is 0.749. The highest BCUT2D eigenvalue weighted by Gasteiger charge is 2.07. The molecule has 0 atom stereocenters. The Morgan fingerprint density at radius 2 is 1.93 bits per heavy atom. The first-order valence-corrected chi connectivity index (χ1v) is 6.13. The molecular weight excluding hydrogens is 198 g/mol. The highest BCUT2D eigenvalue weighted by atomic mass is 35.5. The minimum atomic E-state index is 0.587. The SMILES string of the molecule is CCCOCCN(CCCCl)C(C)C. The molecule has 0 aromatic heterocycles. The fourth-order valence-electron chi connectivity index (χ4n) is 1.32. The van der Waals surface area contributed by atoms with Gasteiger partial charge in [-0.25, -0.2) is 0 Å². The smallest absolute Gasteiger partial charge is 0.0593 e. The van der Waals surface area contributed by atoms with Gasteiger partial charge >= 0.3 is 0 Å². The number of ether oxygens (including phenoxy) is 1. The van der Waals surface area contributed by atoms with E-state index in [2.05, 4.69) is 25.7 Å². The van der Waals surface area contributed by atoms with E-state index in [-0.39, 0.29) is 0 Å². The molecular formula is C11H24ClNO. The van der Waals surface area contributed by atoms with Gasteiger partial charge in [-0.15, -0.1) is 11.6 Å². The maximum absolute atomic E-state index is 5.68. The van der Waals surface area contributed by atoms with Gasteiger partial charge in [0.2, 0.25) is 0 Å². The molecule has 0 rings (SSSR count). The van der Waals surface area contributed by atoms with Crippen LogP contribution in [0.25, 0.3) is 0 Å². The summed E-state index contributed by atoms with van der Waals surface area (Å²) in [7, 11) is 0. The highest BCUT2D eigenvalue weighted by molar-refractivity contribution is 6.17. The lowest BCUT2D eigenvalue weighted by molar-refractivity contribution is 0.0931. The molecule has 2 nitrogen and oxygen atoms in total. The molecule has 0 heterocycles. The summed E-state index contributed by atoms with van der Waals surface area (Å²) in [5, 5.41) is 0.